The highest BCUT2D eigenvalue weighted by Crippen LogP contribution is 2.15. The van der Waals surface area contributed by atoms with Gasteiger partial charge in [0.05, 0.1) is 11.4 Å². The summed E-state index contributed by atoms with van der Waals surface area (Å²) in [4.78, 5) is 26.5. The maximum absolute atomic E-state index is 11.7. The highest BCUT2D eigenvalue weighted by Gasteiger charge is 2.07. The first-order valence-corrected chi connectivity index (χ1v) is 7.00. The van der Waals surface area contributed by atoms with E-state index >= 15 is 0 Å². The van der Waals surface area contributed by atoms with Gasteiger partial charge in [-0.25, -0.2) is 9.89 Å². The van der Waals surface area contributed by atoms with Crippen molar-refractivity contribution in [2.24, 2.45) is 0 Å². The Balaban J connectivity index is 1.83. The third-order valence-electron chi connectivity index (χ3n) is 2.50. The fraction of sp³-hybridized carbons (Fsp3) is 0.231. The van der Waals surface area contributed by atoms with Gasteiger partial charge in [-0.1, -0.05) is 42.1 Å². The normalized spacial score (nSPS) is 10.2. The van der Waals surface area contributed by atoms with E-state index < -0.39 is 5.69 Å². The number of H-pyrrole nitrogens is 1. The predicted molar refractivity (Wildman–Crippen MR) is 76.4 cm³/mol. The Bertz CT molecular complexity index is 642. The molecule has 0 fully saturated rings. The average molecular weight is 290 g/mol. The van der Waals surface area contributed by atoms with E-state index in [-0.39, 0.29) is 11.7 Å². The van der Waals surface area contributed by atoms with Crippen LogP contribution in [0.25, 0.3) is 0 Å². The van der Waals surface area contributed by atoms with Gasteiger partial charge in [0, 0.05) is 6.54 Å². The number of aromatic amines is 1. The fourth-order valence-corrected chi connectivity index (χ4v) is 2.27. The van der Waals surface area contributed by atoms with Crippen LogP contribution in [0.2, 0.25) is 0 Å². The molecular formula is C13H14N4O2S. The molecule has 0 unspecified atom stereocenters. The summed E-state index contributed by atoms with van der Waals surface area (Å²) in [5.41, 5.74) is 1.13. The molecule has 1 aromatic heterocycles. The molecule has 2 N–H and O–H groups in total. The Hall–Kier alpha value is -2.15. The lowest BCUT2D eigenvalue weighted by Gasteiger charge is -2.05. The summed E-state index contributed by atoms with van der Waals surface area (Å²) in [5.74, 6) is 0.0894. The molecule has 2 rings (SSSR count). The third kappa shape index (κ3) is 4.20. The van der Waals surface area contributed by atoms with Crippen molar-refractivity contribution in [2.75, 3.05) is 5.75 Å². The number of carbonyl (C=O) groups is 1. The molecule has 104 valence electrons. The molecular weight excluding hydrogens is 276 g/mol. The van der Waals surface area contributed by atoms with Crippen LogP contribution in [0.15, 0.2) is 40.2 Å². The summed E-state index contributed by atoms with van der Waals surface area (Å²) in [6, 6.07) is 9.66. The van der Waals surface area contributed by atoms with E-state index in [9.17, 15) is 9.59 Å². The molecule has 7 heteroatoms. The van der Waals surface area contributed by atoms with Gasteiger partial charge < -0.3 is 5.32 Å². The van der Waals surface area contributed by atoms with E-state index in [1.165, 1.54) is 11.8 Å². The van der Waals surface area contributed by atoms with Gasteiger partial charge in [0.1, 0.15) is 5.03 Å². The molecule has 6 nitrogen and oxygen atoms in total. The van der Waals surface area contributed by atoms with Crippen LogP contribution in [-0.2, 0) is 11.3 Å². The summed E-state index contributed by atoms with van der Waals surface area (Å²) in [6.45, 7) is 2.22. The molecule has 0 aliphatic heterocycles. The molecule has 0 saturated carbocycles. The zero-order chi connectivity index (χ0) is 14.4. The van der Waals surface area contributed by atoms with Crippen LogP contribution in [0, 0.1) is 6.92 Å². The number of hydrogen-bond donors (Lipinski definition) is 2. The van der Waals surface area contributed by atoms with Crippen molar-refractivity contribution in [3.8, 4) is 0 Å². The van der Waals surface area contributed by atoms with Crippen LogP contribution in [0.1, 0.15) is 11.3 Å². The van der Waals surface area contributed by atoms with Crippen molar-refractivity contribution < 1.29 is 4.79 Å². The lowest BCUT2D eigenvalue weighted by molar-refractivity contribution is -0.118. The molecule has 0 radical (unpaired) electrons. The van der Waals surface area contributed by atoms with Gasteiger partial charge in [0.2, 0.25) is 5.91 Å². The minimum atomic E-state index is -0.511. The second-order valence-corrected chi connectivity index (χ2v) is 5.05. The number of aromatic nitrogens is 3. The van der Waals surface area contributed by atoms with E-state index in [1.54, 1.807) is 6.92 Å². The zero-order valence-electron chi connectivity index (χ0n) is 10.9. The van der Waals surface area contributed by atoms with Gasteiger partial charge in [0.15, 0.2) is 0 Å². The number of nitrogens with one attached hydrogen (secondary N) is 2. The van der Waals surface area contributed by atoms with Crippen LogP contribution in [0.4, 0.5) is 0 Å². The first-order chi connectivity index (χ1) is 9.65. The van der Waals surface area contributed by atoms with E-state index in [0.29, 0.717) is 17.3 Å². The van der Waals surface area contributed by atoms with Gasteiger partial charge in [0.25, 0.3) is 0 Å². The maximum atomic E-state index is 11.7. The molecule has 1 heterocycles. The van der Waals surface area contributed by atoms with Gasteiger partial charge in [-0.3, -0.25) is 4.79 Å². The van der Waals surface area contributed by atoms with E-state index in [1.807, 2.05) is 30.3 Å². The Labute approximate surface area is 120 Å². The summed E-state index contributed by atoms with van der Waals surface area (Å²) in [7, 11) is 0. The van der Waals surface area contributed by atoms with Gasteiger partial charge in [-0.15, -0.1) is 0 Å². The summed E-state index contributed by atoms with van der Waals surface area (Å²) >= 11 is 1.20. The number of thioether (sulfide) groups is 1. The lowest BCUT2D eigenvalue weighted by atomic mass is 10.2. The van der Waals surface area contributed by atoms with E-state index in [4.69, 9.17) is 0 Å². The molecule has 1 aromatic carbocycles. The SMILES string of the molecule is Cc1n[nH]c(=O)nc1SCC(=O)NCc1ccccc1. The quantitative estimate of drug-likeness (QED) is 0.798. The van der Waals surface area contributed by atoms with Crippen molar-refractivity contribution in [3.05, 3.63) is 52.1 Å². The van der Waals surface area contributed by atoms with Crippen molar-refractivity contribution in [1.82, 2.24) is 20.5 Å². The number of hydrogen-bond acceptors (Lipinski definition) is 5. The standard InChI is InChI=1S/C13H14N4O2S/c1-9-12(15-13(19)17-16-9)20-8-11(18)14-7-10-5-3-2-4-6-10/h2-6H,7-8H2,1H3,(H,14,18)(H,15,17,19). The molecule has 0 bridgehead atoms. The average Bonchev–Trinajstić information content (AvgIpc) is 2.47. The lowest BCUT2D eigenvalue weighted by Crippen LogP contribution is -2.25. The highest BCUT2D eigenvalue weighted by atomic mass is 32.2. The highest BCUT2D eigenvalue weighted by molar-refractivity contribution is 7.99. The molecule has 0 spiro atoms. The Kier molecular flexibility index (Phi) is 4.89. The van der Waals surface area contributed by atoms with Gasteiger partial charge >= 0.3 is 5.69 Å². The van der Waals surface area contributed by atoms with E-state index in [0.717, 1.165) is 5.56 Å². The Morgan fingerprint density at radius 2 is 2.10 bits per heavy atom. The predicted octanol–water partition coefficient (Wildman–Crippen LogP) is 0.882. The van der Waals surface area contributed by atoms with Gasteiger partial charge in [-0.2, -0.15) is 10.1 Å². The second kappa shape index (κ2) is 6.85. The smallest absolute Gasteiger partial charge is 0.351 e. The summed E-state index contributed by atoms with van der Waals surface area (Å²) < 4.78 is 0. The summed E-state index contributed by atoms with van der Waals surface area (Å²) in [6.07, 6.45) is 0. The van der Waals surface area contributed by atoms with Crippen LogP contribution in [0.3, 0.4) is 0 Å². The van der Waals surface area contributed by atoms with Crippen molar-refractivity contribution in [2.45, 2.75) is 18.5 Å². The number of carbonyl (C=O) groups excluding carboxylic acids is 1. The zero-order valence-corrected chi connectivity index (χ0v) is 11.7. The van der Waals surface area contributed by atoms with Crippen molar-refractivity contribution in [3.63, 3.8) is 0 Å². The minimum absolute atomic E-state index is 0.111. The first-order valence-electron chi connectivity index (χ1n) is 6.02. The molecule has 2 aromatic rings. The largest absolute Gasteiger partial charge is 0.362 e. The Morgan fingerprint density at radius 1 is 1.35 bits per heavy atom. The second-order valence-electron chi connectivity index (χ2n) is 4.08. The number of nitrogens with zero attached hydrogens (tertiary/aromatic N) is 2. The molecule has 0 saturated heterocycles. The molecule has 20 heavy (non-hydrogen) atoms. The van der Waals surface area contributed by atoms with Crippen LogP contribution >= 0.6 is 11.8 Å². The molecule has 0 aliphatic rings. The first kappa shape index (κ1) is 14.3. The summed E-state index contributed by atoms with van der Waals surface area (Å²) in [5, 5.41) is 9.33. The topological polar surface area (TPSA) is 87.7 Å². The van der Waals surface area contributed by atoms with E-state index in [2.05, 4.69) is 20.5 Å². The van der Waals surface area contributed by atoms with Crippen molar-refractivity contribution in [1.29, 1.82) is 0 Å². The Morgan fingerprint density at radius 3 is 2.85 bits per heavy atom. The third-order valence-corrected chi connectivity index (χ3v) is 3.57. The van der Waals surface area contributed by atoms with Crippen LogP contribution in [0.5, 0.6) is 0 Å². The molecule has 0 atom stereocenters. The van der Waals surface area contributed by atoms with Crippen molar-refractivity contribution >= 4 is 17.7 Å². The monoisotopic (exact) mass is 290 g/mol. The van der Waals surface area contributed by atoms with Gasteiger partial charge in [-0.05, 0) is 12.5 Å². The fourth-order valence-electron chi connectivity index (χ4n) is 1.50. The molecule has 0 aliphatic carbocycles. The van der Waals surface area contributed by atoms with Crippen LogP contribution in [-0.4, -0.2) is 26.8 Å². The molecule has 1 amide bonds. The number of benzene rings is 1. The maximum Gasteiger partial charge on any atom is 0.362 e. The minimum Gasteiger partial charge on any atom is -0.351 e. The van der Waals surface area contributed by atoms with Crippen LogP contribution < -0.4 is 11.0 Å². The number of amides is 1. The number of aryl methyl sites for hydroxylation is 1. The number of rotatable bonds is 5.